The molecule has 0 N–H and O–H groups in total. The molecule has 1 fully saturated rings. The van der Waals surface area contributed by atoms with Crippen LogP contribution in [-0.2, 0) is 17.9 Å². The van der Waals surface area contributed by atoms with Crippen molar-refractivity contribution >= 4 is 5.91 Å². The van der Waals surface area contributed by atoms with Crippen LogP contribution in [0.25, 0.3) is 0 Å². The number of hydrogen-bond donors (Lipinski definition) is 0. The third-order valence-corrected chi connectivity index (χ3v) is 5.69. The fourth-order valence-corrected chi connectivity index (χ4v) is 4.10. The average molecular weight is 414 g/mol. The van der Waals surface area contributed by atoms with Crippen LogP contribution in [0.4, 0.5) is 0 Å². The number of benzene rings is 1. The van der Waals surface area contributed by atoms with E-state index < -0.39 is 0 Å². The second-order valence-corrected chi connectivity index (χ2v) is 8.40. The molecular formula is C23H35N5O2. The van der Waals surface area contributed by atoms with Gasteiger partial charge in [0.25, 0.3) is 0 Å². The highest BCUT2D eigenvalue weighted by Gasteiger charge is 2.25. The Morgan fingerprint density at radius 1 is 1.23 bits per heavy atom. The van der Waals surface area contributed by atoms with E-state index in [2.05, 4.69) is 27.0 Å². The molecule has 0 bridgehead atoms. The molecule has 2 heterocycles. The number of carbonyl (C=O) groups excluding carboxylic acids is 1. The van der Waals surface area contributed by atoms with Crippen LogP contribution in [0.15, 0.2) is 42.7 Å². The lowest BCUT2D eigenvalue weighted by Gasteiger charge is -2.36. The number of ether oxygens (including phenoxy) is 1. The fraction of sp³-hybridized carbons (Fsp3) is 0.565. The van der Waals surface area contributed by atoms with Crippen molar-refractivity contribution in [2.24, 2.45) is 5.92 Å². The Morgan fingerprint density at radius 3 is 2.80 bits per heavy atom. The molecule has 0 unspecified atom stereocenters. The minimum absolute atomic E-state index is 0.141. The Morgan fingerprint density at radius 2 is 2.07 bits per heavy atom. The summed E-state index contributed by atoms with van der Waals surface area (Å²) in [5.74, 6) is 1.57. The predicted octanol–water partition coefficient (Wildman–Crippen LogP) is 2.19. The molecular weight excluding hydrogens is 378 g/mol. The SMILES string of the molecule is COc1ccccc1CN1CCC[C@H](CN(CCN(C)C)C(=O)Cn2cccn2)C1. The number of likely N-dealkylation sites (tertiary alicyclic amines) is 1. The highest BCUT2D eigenvalue weighted by Crippen LogP contribution is 2.24. The summed E-state index contributed by atoms with van der Waals surface area (Å²) in [5.41, 5.74) is 1.22. The Hall–Kier alpha value is -2.38. The molecule has 0 saturated carbocycles. The van der Waals surface area contributed by atoms with Gasteiger partial charge in [-0.05, 0) is 51.5 Å². The van der Waals surface area contributed by atoms with Crippen molar-refractivity contribution in [3.63, 3.8) is 0 Å². The van der Waals surface area contributed by atoms with E-state index >= 15 is 0 Å². The average Bonchev–Trinajstić information content (AvgIpc) is 3.24. The number of hydrogen-bond acceptors (Lipinski definition) is 5. The van der Waals surface area contributed by atoms with Crippen LogP contribution in [0.1, 0.15) is 18.4 Å². The lowest BCUT2D eigenvalue weighted by molar-refractivity contribution is -0.133. The largest absolute Gasteiger partial charge is 0.496 e. The number of piperidine rings is 1. The van der Waals surface area contributed by atoms with Crippen LogP contribution in [0, 0.1) is 5.92 Å². The van der Waals surface area contributed by atoms with Gasteiger partial charge < -0.3 is 14.5 Å². The van der Waals surface area contributed by atoms with Crippen molar-refractivity contribution in [1.29, 1.82) is 0 Å². The van der Waals surface area contributed by atoms with E-state index in [4.69, 9.17) is 4.74 Å². The molecule has 164 valence electrons. The van der Waals surface area contributed by atoms with Gasteiger partial charge in [0.15, 0.2) is 0 Å². The second-order valence-electron chi connectivity index (χ2n) is 8.40. The van der Waals surface area contributed by atoms with E-state index in [-0.39, 0.29) is 5.91 Å². The van der Waals surface area contributed by atoms with Gasteiger partial charge in [-0.15, -0.1) is 0 Å². The first-order valence-electron chi connectivity index (χ1n) is 10.8. The first-order chi connectivity index (χ1) is 14.5. The maximum absolute atomic E-state index is 13.0. The van der Waals surface area contributed by atoms with Gasteiger partial charge in [0.05, 0.1) is 7.11 Å². The Kier molecular flexibility index (Phi) is 8.28. The van der Waals surface area contributed by atoms with Gasteiger partial charge in [-0.2, -0.15) is 5.10 Å². The van der Waals surface area contributed by atoms with E-state index in [0.717, 1.165) is 57.9 Å². The van der Waals surface area contributed by atoms with Crippen molar-refractivity contribution in [1.82, 2.24) is 24.5 Å². The van der Waals surface area contributed by atoms with Crippen molar-refractivity contribution in [2.45, 2.75) is 25.9 Å². The van der Waals surface area contributed by atoms with Gasteiger partial charge in [0.2, 0.25) is 5.91 Å². The molecule has 3 rings (SSSR count). The summed E-state index contributed by atoms with van der Waals surface area (Å²) in [7, 11) is 5.82. The number of para-hydroxylation sites is 1. The van der Waals surface area contributed by atoms with E-state index in [9.17, 15) is 4.79 Å². The normalized spacial score (nSPS) is 17.3. The Bertz CT molecular complexity index is 778. The number of nitrogens with zero attached hydrogens (tertiary/aromatic N) is 5. The molecule has 0 radical (unpaired) electrons. The number of methoxy groups -OCH3 is 1. The molecule has 1 aliphatic heterocycles. The van der Waals surface area contributed by atoms with Gasteiger partial charge in [0, 0.05) is 50.7 Å². The Labute approximate surface area is 180 Å². The molecule has 0 spiro atoms. The monoisotopic (exact) mass is 413 g/mol. The van der Waals surface area contributed by atoms with Crippen molar-refractivity contribution in [3.05, 3.63) is 48.3 Å². The summed E-state index contributed by atoms with van der Waals surface area (Å²) in [4.78, 5) is 19.6. The smallest absolute Gasteiger partial charge is 0.244 e. The molecule has 1 aliphatic rings. The lowest BCUT2D eigenvalue weighted by Crippen LogP contribution is -2.45. The van der Waals surface area contributed by atoms with Crippen molar-refractivity contribution < 1.29 is 9.53 Å². The van der Waals surface area contributed by atoms with Crippen LogP contribution in [0.5, 0.6) is 5.75 Å². The van der Waals surface area contributed by atoms with Gasteiger partial charge >= 0.3 is 0 Å². The van der Waals surface area contributed by atoms with Gasteiger partial charge in [0.1, 0.15) is 12.3 Å². The summed E-state index contributed by atoms with van der Waals surface area (Å²) in [6.07, 6.45) is 5.89. The number of carbonyl (C=O) groups is 1. The zero-order valence-corrected chi connectivity index (χ0v) is 18.5. The highest BCUT2D eigenvalue weighted by molar-refractivity contribution is 5.75. The molecule has 1 amide bonds. The van der Waals surface area contributed by atoms with Crippen molar-refractivity contribution in [3.8, 4) is 5.75 Å². The van der Waals surface area contributed by atoms with Crippen LogP contribution in [0.3, 0.4) is 0 Å². The summed E-state index contributed by atoms with van der Waals surface area (Å²) in [6, 6.07) is 10.1. The minimum atomic E-state index is 0.141. The number of rotatable bonds is 10. The summed E-state index contributed by atoms with van der Waals surface area (Å²) < 4.78 is 7.23. The third kappa shape index (κ3) is 6.57. The lowest BCUT2D eigenvalue weighted by atomic mass is 9.96. The van der Waals surface area contributed by atoms with Gasteiger partial charge in [-0.1, -0.05) is 18.2 Å². The maximum atomic E-state index is 13.0. The molecule has 30 heavy (non-hydrogen) atoms. The summed E-state index contributed by atoms with van der Waals surface area (Å²) in [5, 5.41) is 4.19. The standard InChI is InChI=1S/C23H35N5O2/c1-25(2)14-15-27(23(29)19-28-13-7-11-24-28)17-20-8-6-12-26(16-20)18-21-9-4-5-10-22(21)30-3/h4-5,7,9-11,13,20H,6,8,12,14-19H2,1-3H3/t20-/m0/s1. The molecule has 2 aromatic rings. The molecule has 0 aliphatic carbocycles. The fourth-order valence-electron chi connectivity index (χ4n) is 4.10. The van der Waals surface area contributed by atoms with Crippen LogP contribution in [-0.4, -0.2) is 84.3 Å². The summed E-state index contributed by atoms with van der Waals surface area (Å²) in [6.45, 7) is 5.70. The highest BCUT2D eigenvalue weighted by atomic mass is 16.5. The van der Waals surface area contributed by atoms with Crippen molar-refractivity contribution in [2.75, 3.05) is 53.9 Å². The first-order valence-corrected chi connectivity index (χ1v) is 10.8. The van der Waals surface area contributed by atoms with Crippen LogP contribution in [0.2, 0.25) is 0 Å². The van der Waals surface area contributed by atoms with E-state index in [1.807, 2.05) is 43.4 Å². The maximum Gasteiger partial charge on any atom is 0.244 e. The number of aromatic nitrogens is 2. The number of amides is 1. The molecule has 7 nitrogen and oxygen atoms in total. The van der Waals surface area contributed by atoms with E-state index in [1.165, 1.54) is 5.56 Å². The molecule has 1 aromatic carbocycles. The van der Waals surface area contributed by atoms with Gasteiger partial charge in [-0.25, -0.2) is 0 Å². The van der Waals surface area contributed by atoms with E-state index in [1.54, 1.807) is 18.0 Å². The topological polar surface area (TPSA) is 53.8 Å². The van der Waals surface area contributed by atoms with Crippen LogP contribution < -0.4 is 4.74 Å². The molecule has 1 atom stereocenters. The third-order valence-electron chi connectivity index (χ3n) is 5.69. The molecule has 1 saturated heterocycles. The number of likely N-dealkylation sites (N-methyl/N-ethyl adjacent to an activating group) is 1. The summed E-state index contributed by atoms with van der Waals surface area (Å²) >= 11 is 0. The zero-order chi connectivity index (χ0) is 21.3. The van der Waals surface area contributed by atoms with E-state index in [0.29, 0.717) is 12.5 Å². The molecule has 1 aromatic heterocycles. The van der Waals surface area contributed by atoms with Gasteiger partial charge in [-0.3, -0.25) is 14.4 Å². The molecule has 7 heteroatoms. The first kappa shape index (κ1) is 22.3. The minimum Gasteiger partial charge on any atom is -0.496 e. The predicted molar refractivity (Wildman–Crippen MR) is 118 cm³/mol. The van der Waals surface area contributed by atoms with Crippen LogP contribution >= 0.6 is 0 Å². The Balaban J connectivity index is 1.60. The quantitative estimate of drug-likeness (QED) is 0.598. The second kappa shape index (κ2) is 11.1. The zero-order valence-electron chi connectivity index (χ0n) is 18.5.